The lowest BCUT2D eigenvalue weighted by Gasteiger charge is -2.12. The van der Waals surface area contributed by atoms with Gasteiger partial charge in [0.1, 0.15) is 11.2 Å². The molecule has 4 heterocycles. The number of rotatable bonds is 4. The van der Waals surface area contributed by atoms with Gasteiger partial charge < -0.3 is 8.98 Å². The lowest BCUT2D eigenvalue weighted by molar-refractivity contribution is 0.669. The van der Waals surface area contributed by atoms with Crippen LogP contribution in [0.1, 0.15) is 0 Å². The number of nitrogens with zero attached hydrogens (tertiary/aromatic N) is 5. The van der Waals surface area contributed by atoms with Crippen LogP contribution in [0.3, 0.4) is 0 Å². The topological polar surface area (TPSA) is 61.7 Å². The van der Waals surface area contributed by atoms with Gasteiger partial charge >= 0.3 is 0 Å². The van der Waals surface area contributed by atoms with E-state index in [0.717, 1.165) is 77.0 Å². The van der Waals surface area contributed by atoms with Crippen LogP contribution in [0.15, 0.2) is 180 Å². The van der Waals surface area contributed by atoms with E-state index < -0.39 is 0 Å². The summed E-state index contributed by atoms with van der Waals surface area (Å²) < 4.78 is 11.2. The van der Waals surface area contributed by atoms with Gasteiger partial charge in [0, 0.05) is 43.6 Å². The Morgan fingerprint density at radius 2 is 1.02 bits per heavy atom. The van der Waals surface area contributed by atoms with Gasteiger partial charge in [-0.2, -0.15) is 9.97 Å². The summed E-state index contributed by atoms with van der Waals surface area (Å²) in [6.45, 7) is 0. The third-order valence-corrected chi connectivity index (χ3v) is 11.0. The van der Waals surface area contributed by atoms with Crippen molar-refractivity contribution in [3.8, 4) is 34.4 Å². The molecular weight excluding hydrogens is 675 g/mol. The molecule has 0 radical (unpaired) electrons. The molecule has 0 fully saturated rings. The highest BCUT2D eigenvalue weighted by Gasteiger charge is 2.23. The van der Waals surface area contributed by atoms with Crippen molar-refractivity contribution in [2.24, 2.45) is 0 Å². The first-order valence-electron chi connectivity index (χ1n) is 18.5. The van der Waals surface area contributed by atoms with Crippen LogP contribution in [0, 0.1) is 0 Å². The Bertz CT molecular complexity index is 3490. The molecule has 6 nitrogen and oxygen atoms in total. The third kappa shape index (κ3) is 4.39. The molecule has 0 saturated heterocycles. The summed E-state index contributed by atoms with van der Waals surface area (Å²) in [5.74, 6) is 1.67. The molecule has 12 rings (SSSR count). The molecule has 6 heteroatoms. The highest BCUT2D eigenvalue weighted by molar-refractivity contribution is 6.21. The van der Waals surface area contributed by atoms with Crippen molar-refractivity contribution in [1.29, 1.82) is 0 Å². The fraction of sp³-hybridized carbons (Fsp3) is 0. The molecule has 4 aromatic heterocycles. The number of hydrogen-bond donors (Lipinski definition) is 0. The van der Waals surface area contributed by atoms with Gasteiger partial charge in [0.25, 0.3) is 0 Å². The van der Waals surface area contributed by atoms with E-state index in [9.17, 15) is 0 Å². The maximum Gasteiger partial charge on any atom is 0.238 e. The molecule has 0 aliphatic heterocycles. The molecule has 55 heavy (non-hydrogen) atoms. The van der Waals surface area contributed by atoms with Crippen LogP contribution in [0.4, 0.5) is 0 Å². The average Bonchev–Trinajstić information content (AvgIpc) is 3.91. The molecule has 0 aliphatic carbocycles. The van der Waals surface area contributed by atoms with Gasteiger partial charge in [0.2, 0.25) is 5.95 Å². The Kier molecular flexibility index (Phi) is 6.24. The molecule has 0 saturated carbocycles. The monoisotopic (exact) mass is 703 g/mol. The molecule has 0 amide bonds. The van der Waals surface area contributed by atoms with Crippen LogP contribution in [-0.4, -0.2) is 24.1 Å². The molecule has 12 aromatic rings. The van der Waals surface area contributed by atoms with Gasteiger partial charge in [0.15, 0.2) is 11.6 Å². The zero-order valence-corrected chi connectivity index (χ0v) is 29.4. The standard InChI is InChI=1S/C49H29N5O/c1-3-15-31(16-4-1)47-50-48(37-23-13-22-36-45-33-19-8-7-14-30(33)26-27-44(45)55-46(36)37)52-49(51-47)54-41-25-12-10-21-35(41)39-28-38-34-20-9-11-24-40(34)53(42(38)29-43(39)54)32-17-5-2-6-18-32/h1-29H. The summed E-state index contributed by atoms with van der Waals surface area (Å²) in [5, 5.41) is 9.11. The summed E-state index contributed by atoms with van der Waals surface area (Å²) in [5.41, 5.74) is 8.71. The number of furan rings is 1. The number of hydrogen-bond acceptors (Lipinski definition) is 4. The van der Waals surface area contributed by atoms with E-state index in [1.165, 1.54) is 16.2 Å². The van der Waals surface area contributed by atoms with Crippen LogP contribution in [0.2, 0.25) is 0 Å². The van der Waals surface area contributed by atoms with E-state index >= 15 is 0 Å². The number of fused-ring (bicyclic) bond motifs is 11. The van der Waals surface area contributed by atoms with Gasteiger partial charge in [-0.15, -0.1) is 0 Å². The molecule has 0 aliphatic rings. The van der Waals surface area contributed by atoms with Crippen molar-refractivity contribution in [1.82, 2.24) is 24.1 Å². The highest BCUT2D eigenvalue weighted by Crippen LogP contribution is 2.41. The highest BCUT2D eigenvalue weighted by atomic mass is 16.3. The Hall–Kier alpha value is -7.57. The van der Waals surface area contributed by atoms with Gasteiger partial charge in [-0.25, -0.2) is 4.98 Å². The van der Waals surface area contributed by atoms with E-state index in [-0.39, 0.29) is 0 Å². The van der Waals surface area contributed by atoms with E-state index in [1.54, 1.807) is 0 Å². The predicted molar refractivity (Wildman–Crippen MR) is 224 cm³/mol. The number of aromatic nitrogens is 5. The van der Waals surface area contributed by atoms with Crippen LogP contribution in [0.25, 0.3) is 111 Å². The van der Waals surface area contributed by atoms with E-state index in [1.807, 2.05) is 30.3 Å². The van der Waals surface area contributed by atoms with Gasteiger partial charge in [-0.1, -0.05) is 127 Å². The van der Waals surface area contributed by atoms with E-state index in [2.05, 4.69) is 155 Å². The van der Waals surface area contributed by atoms with Gasteiger partial charge in [0.05, 0.1) is 27.6 Å². The molecule has 256 valence electrons. The molecule has 0 unspecified atom stereocenters. The minimum absolute atomic E-state index is 0.537. The van der Waals surface area contributed by atoms with Crippen molar-refractivity contribution in [2.45, 2.75) is 0 Å². The Labute approximate surface area is 314 Å². The summed E-state index contributed by atoms with van der Waals surface area (Å²) >= 11 is 0. The van der Waals surface area contributed by atoms with Crippen LogP contribution in [0.5, 0.6) is 0 Å². The summed E-state index contributed by atoms with van der Waals surface area (Å²) in [4.78, 5) is 15.7. The summed E-state index contributed by atoms with van der Waals surface area (Å²) in [7, 11) is 0. The molecule has 0 bridgehead atoms. The van der Waals surface area contributed by atoms with Gasteiger partial charge in [-0.05, 0) is 59.3 Å². The molecule has 8 aromatic carbocycles. The summed E-state index contributed by atoms with van der Waals surface area (Å²) in [6.07, 6.45) is 0. The van der Waals surface area contributed by atoms with Crippen LogP contribution in [-0.2, 0) is 0 Å². The second kappa shape index (κ2) is 11.5. The van der Waals surface area contributed by atoms with Crippen molar-refractivity contribution in [2.75, 3.05) is 0 Å². The lowest BCUT2D eigenvalue weighted by Crippen LogP contribution is -2.06. The largest absolute Gasteiger partial charge is 0.455 e. The minimum atomic E-state index is 0.537. The fourth-order valence-corrected chi connectivity index (χ4v) is 8.55. The first kappa shape index (κ1) is 29.9. The Morgan fingerprint density at radius 3 is 1.80 bits per heavy atom. The normalized spacial score (nSPS) is 12.0. The second-order valence-corrected chi connectivity index (χ2v) is 14.0. The van der Waals surface area contributed by atoms with Crippen molar-refractivity contribution in [3.63, 3.8) is 0 Å². The first-order valence-corrected chi connectivity index (χ1v) is 18.5. The molecule has 0 spiro atoms. The average molecular weight is 704 g/mol. The number of para-hydroxylation sites is 4. The SMILES string of the molecule is c1ccc(-c2nc(-c3cccc4c3oc3ccc5ccccc5c34)nc(-n3c4ccccc4c4cc5c6ccccc6n(-c6ccccc6)c5cc43)n2)cc1. The first-order chi connectivity index (χ1) is 27.3. The number of benzene rings is 8. The lowest BCUT2D eigenvalue weighted by atomic mass is 10.0. The predicted octanol–water partition coefficient (Wildman–Crippen LogP) is 12.5. The van der Waals surface area contributed by atoms with Crippen molar-refractivity contribution in [3.05, 3.63) is 176 Å². The summed E-state index contributed by atoms with van der Waals surface area (Å²) in [6, 6.07) is 61.4. The van der Waals surface area contributed by atoms with E-state index in [0.29, 0.717) is 17.6 Å². The molecule has 0 atom stereocenters. The molecule has 0 N–H and O–H groups in total. The van der Waals surface area contributed by atoms with Crippen LogP contribution >= 0.6 is 0 Å². The van der Waals surface area contributed by atoms with Crippen molar-refractivity contribution < 1.29 is 4.42 Å². The zero-order valence-electron chi connectivity index (χ0n) is 29.4. The van der Waals surface area contributed by atoms with E-state index in [4.69, 9.17) is 19.4 Å². The Morgan fingerprint density at radius 1 is 0.400 bits per heavy atom. The van der Waals surface area contributed by atoms with Gasteiger partial charge in [-0.3, -0.25) is 4.57 Å². The van der Waals surface area contributed by atoms with Crippen LogP contribution < -0.4 is 0 Å². The zero-order chi connectivity index (χ0) is 36.0. The smallest absolute Gasteiger partial charge is 0.238 e. The quantitative estimate of drug-likeness (QED) is 0.183. The Balaban J connectivity index is 1.18. The minimum Gasteiger partial charge on any atom is -0.455 e. The second-order valence-electron chi connectivity index (χ2n) is 14.0. The third-order valence-electron chi connectivity index (χ3n) is 11.0. The maximum absolute atomic E-state index is 6.68. The fourth-order valence-electron chi connectivity index (χ4n) is 8.55. The maximum atomic E-state index is 6.68. The molecular formula is C49H29N5O. The van der Waals surface area contributed by atoms with Crippen molar-refractivity contribution >= 4 is 76.3 Å².